The summed E-state index contributed by atoms with van der Waals surface area (Å²) < 4.78 is 0. The van der Waals surface area contributed by atoms with Crippen LogP contribution in [0, 0.1) is 35.5 Å². The minimum absolute atomic E-state index is 0.0886. The maximum Gasteiger partial charge on any atom is 0.191 e. The van der Waals surface area contributed by atoms with E-state index in [1.54, 1.807) is 4.90 Å². The molecule has 0 aromatic carbocycles. The third-order valence-electron chi connectivity index (χ3n) is 17.5. The topological polar surface area (TPSA) is 47.8 Å². The molecule has 6 fully saturated rings. The zero-order chi connectivity index (χ0) is 40.1. The van der Waals surface area contributed by atoms with Gasteiger partial charge in [0.15, 0.2) is 5.78 Å². The Morgan fingerprint density at radius 1 is 0.603 bits per heavy atom. The lowest BCUT2D eigenvalue weighted by atomic mass is 9.64. The smallest absolute Gasteiger partial charge is 0.191 e. The highest BCUT2D eigenvalue weighted by molar-refractivity contribution is 6.20. The lowest BCUT2D eigenvalue weighted by Gasteiger charge is -2.41. The number of carbonyl (C=O) groups is 1. The van der Waals surface area contributed by atoms with Gasteiger partial charge in [0.1, 0.15) is 5.70 Å². The second-order valence-electron chi connectivity index (χ2n) is 21.2. The van der Waals surface area contributed by atoms with E-state index in [0.29, 0.717) is 35.1 Å². The zero-order valence-corrected chi connectivity index (χ0v) is 38.1. The van der Waals surface area contributed by atoms with Crippen LogP contribution in [-0.4, -0.2) is 41.9 Å². The maximum absolute atomic E-state index is 14.3. The molecule has 0 bridgehead atoms. The van der Waals surface area contributed by atoms with Crippen molar-refractivity contribution >= 4 is 5.78 Å². The number of carbonyl (C=O) groups excluding carboxylic acids is 1. The van der Waals surface area contributed by atoms with E-state index in [9.17, 15) is 9.90 Å². The van der Waals surface area contributed by atoms with E-state index in [2.05, 4.69) is 30.9 Å². The van der Waals surface area contributed by atoms with Crippen molar-refractivity contribution in [3.05, 3.63) is 34.8 Å². The molecule has 0 aromatic rings. The van der Waals surface area contributed by atoms with Crippen LogP contribution in [0.1, 0.15) is 232 Å². The van der Waals surface area contributed by atoms with Crippen LogP contribution in [0.3, 0.4) is 0 Å². The van der Waals surface area contributed by atoms with Crippen molar-refractivity contribution in [1.82, 2.24) is 4.90 Å². The number of unbranched alkanes of at least 4 members (excludes halogenated alkanes) is 20. The minimum atomic E-state index is 0.0886. The van der Waals surface area contributed by atoms with Crippen LogP contribution in [0.2, 0.25) is 0 Å². The molecule has 10 atom stereocenters. The highest BCUT2D eigenvalue weighted by Crippen LogP contribution is 2.54. The van der Waals surface area contributed by atoms with Gasteiger partial charge >= 0.3 is 0 Å². The van der Waals surface area contributed by atoms with Gasteiger partial charge < -0.3 is 10.0 Å². The van der Waals surface area contributed by atoms with Gasteiger partial charge in [0.05, 0.1) is 12.6 Å². The summed E-state index contributed by atoms with van der Waals surface area (Å²) in [5, 5.41) is 14.3. The summed E-state index contributed by atoms with van der Waals surface area (Å²) in [5.41, 5.74) is 2.59. The van der Waals surface area contributed by atoms with Crippen molar-refractivity contribution in [3.8, 4) is 0 Å². The first kappa shape index (κ1) is 44.7. The second kappa shape index (κ2) is 23.2. The largest absolute Gasteiger partial charge is 0.871 e. The van der Waals surface area contributed by atoms with Crippen LogP contribution >= 0.6 is 0 Å². The lowest BCUT2D eigenvalue weighted by Crippen LogP contribution is -3.12. The van der Waals surface area contributed by atoms with Gasteiger partial charge in [-0.3, -0.25) is 9.69 Å². The number of nitrogens with one attached hydrogen (secondary N) is 1. The van der Waals surface area contributed by atoms with Crippen molar-refractivity contribution in [1.29, 1.82) is 0 Å². The third kappa shape index (κ3) is 10.8. The second-order valence-corrected chi connectivity index (χ2v) is 21.2. The van der Waals surface area contributed by atoms with Gasteiger partial charge in [0, 0.05) is 47.6 Å². The molecule has 7 rings (SSSR count). The lowest BCUT2D eigenvalue weighted by molar-refractivity contribution is -0.882. The van der Waals surface area contributed by atoms with Gasteiger partial charge in [-0.1, -0.05) is 180 Å². The molecule has 1 N–H and O–H groups in total. The van der Waals surface area contributed by atoms with Gasteiger partial charge in [-0.2, -0.15) is 0 Å². The zero-order valence-electron chi connectivity index (χ0n) is 38.1. The van der Waals surface area contributed by atoms with E-state index in [-0.39, 0.29) is 17.6 Å². The number of ketones is 1. The molecule has 2 saturated heterocycles. The number of likely N-dealkylation sites (tertiary alicyclic amines) is 2. The summed E-state index contributed by atoms with van der Waals surface area (Å²) in [5.74, 6) is 4.68. The number of Topliss-reactive ketones (excluding diaryl/α,β-unsaturated/α-hetero) is 1. The average Bonchev–Trinajstić information content (AvgIpc) is 3.72. The summed E-state index contributed by atoms with van der Waals surface area (Å²) in [4.78, 5) is 18.8. The average molecular weight is 799 g/mol. The van der Waals surface area contributed by atoms with E-state index in [0.717, 1.165) is 30.2 Å². The van der Waals surface area contributed by atoms with Crippen LogP contribution in [0.25, 0.3) is 0 Å². The highest BCUT2D eigenvalue weighted by atomic mass is 16.3. The van der Waals surface area contributed by atoms with Crippen LogP contribution in [0.15, 0.2) is 34.8 Å². The number of allylic oxidation sites excluding steroid dienone is 4. The first-order valence-corrected chi connectivity index (χ1v) is 26.6. The highest BCUT2D eigenvalue weighted by Gasteiger charge is 2.56. The van der Waals surface area contributed by atoms with E-state index in [1.807, 2.05) is 0 Å². The van der Waals surface area contributed by atoms with Crippen LogP contribution < -0.4 is 10.0 Å². The molecule has 0 amide bonds. The third-order valence-corrected chi connectivity index (χ3v) is 17.5. The molecule has 4 heteroatoms. The van der Waals surface area contributed by atoms with Gasteiger partial charge in [0.2, 0.25) is 0 Å². The number of rotatable bonds is 26. The molecule has 10 unspecified atom stereocenters. The normalized spacial score (nSPS) is 34.6. The molecule has 2 heterocycles. The molecule has 4 saturated carbocycles. The van der Waals surface area contributed by atoms with Crippen LogP contribution in [0.4, 0.5) is 0 Å². The quantitative estimate of drug-likeness (QED) is 0.0700. The molecule has 7 aliphatic rings. The molecule has 4 nitrogen and oxygen atoms in total. The van der Waals surface area contributed by atoms with Crippen molar-refractivity contribution in [2.75, 3.05) is 13.1 Å². The van der Waals surface area contributed by atoms with E-state index in [1.165, 1.54) is 231 Å². The molecule has 5 aliphatic carbocycles. The van der Waals surface area contributed by atoms with Crippen molar-refractivity contribution in [2.45, 2.75) is 250 Å². The predicted octanol–water partition coefficient (Wildman–Crippen LogP) is 12.4. The number of nitrogens with zero attached hydrogens (tertiary/aromatic N) is 1. The monoisotopic (exact) mass is 799 g/mol. The molecular weight excluding hydrogens is 709 g/mol. The van der Waals surface area contributed by atoms with E-state index >= 15 is 0 Å². The number of hydrogen-bond acceptors (Lipinski definition) is 3. The summed E-state index contributed by atoms with van der Waals surface area (Å²) in [6, 6.07) is 1.66. The van der Waals surface area contributed by atoms with Crippen molar-refractivity contribution < 1.29 is 14.8 Å². The Balaban J connectivity index is 0.990. The Hall–Kier alpha value is -1.39. The van der Waals surface area contributed by atoms with Crippen molar-refractivity contribution in [3.63, 3.8) is 0 Å². The standard InChI is InChI=1S/C54H90N2O2/c1-3-5-7-9-11-13-15-17-19-21-23-37-55-47-35-27-31-41-29-25-33-43(51(41)47)49(55)39-45-53(57)46(54(45)58)40-50-44-34-26-30-42-32-28-36-48(52(42)44)56(50)38-24-22-20-18-16-14-12-10-8-6-4-2/h39-44,47-49,51-52,57H,3-38H2,1-2H3/b45-39-,50-40+. The maximum atomic E-state index is 14.3. The Bertz CT molecular complexity index is 1360. The molecule has 0 spiro atoms. The van der Waals surface area contributed by atoms with Gasteiger partial charge in [-0.15, -0.1) is 0 Å². The summed E-state index contributed by atoms with van der Waals surface area (Å²) in [7, 11) is 0. The fraction of sp³-hybridized carbons (Fsp3) is 0.870. The first-order valence-electron chi connectivity index (χ1n) is 26.6. The SMILES string of the molecule is CCCCCCCCCCCCCN1C(/C=C2\C(=O)C(/C=C3\C4CCCC5CCCC(C54)[NH+]3CCCCCCCCCCCCC)=C2[O-])C2CCCC3CCCC1C32. The van der Waals surface area contributed by atoms with Crippen LogP contribution in [0.5, 0.6) is 0 Å². The van der Waals surface area contributed by atoms with E-state index in [4.69, 9.17) is 0 Å². The predicted molar refractivity (Wildman–Crippen MR) is 241 cm³/mol. The Labute approximate surface area is 357 Å². The Morgan fingerprint density at radius 3 is 1.72 bits per heavy atom. The summed E-state index contributed by atoms with van der Waals surface area (Å²) in [6.45, 7) is 6.97. The summed E-state index contributed by atoms with van der Waals surface area (Å²) in [6.07, 6.45) is 51.0. The van der Waals surface area contributed by atoms with Gasteiger partial charge in [-0.25, -0.2) is 0 Å². The molecule has 0 radical (unpaired) electrons. The first-order chi connectivity index (χ1) is 28.6. The molecule has 328 valence electrons. The molecular formula is C54H90N2O2. The van der Waals surface area contributed by atoms with Crippen molar-refractivity contribution in [2.24, 2.45) is 35.5 Å². The molecule has 2 aliphatic heterocycles. The Morgan fingerprint density at radius 2 is 1.12 bits per heavy atom. The molecule has 58 heavy (non-hydrogen) atoms. The molecule has 0 aromatic heterocycles. The number of hydrogen-bond donors (Lipinski definition) is 1. The number of quaternary nitrogens is 1. The minimum Gasteiger partial charge on any atom is -0.871 e. The fourth-order valence-corrected chi connectivity index (χ4v) is 14.6. The fourth-order valence-electron chi connectivity index (χ4n) is 14.6. The van der Waals surface area contributed by atoms with Gasteiger partial charge in [0.25, 0.3) is 0 Å². The van der Waals surface area contributed by atoms with Gasteiger partial charge in [-0.05, 0) is 88.0 Å². The Kier molecular flexibility index (Phi) is 17.8. The summed E-state index contributed by atoms with van der Waals surface area (Å²) >= 11 is 0. The van der Waals surface area contributed by atoms with Crippen LogP contribution in [-0.2, 0) is 4.79 Å². The van der Waals surface area contributed by atoms with E-state index < -0.39 is 0 Å².